The van der Waals surface area contributed by atoms with Crippen LogP contribution in [0.15, 0.2) is 36.4 Å². The van der Waals surface area contributed by atoms with E-state index in [0.29, 0.717) is 38.2 Å². The zero-order chi connectivity index (χ0) is 16.1. The van der Waals surface area contributed by atoms with E-state index in [9.17, 15) is 0 Å². The third-order valence-corrected chi connectivity index (χ3v) is 4.59. The number of hydrogen-bond donors (Lipinski definition) is 0. The SMILES string of the molecule is CCOP(Oc1ccc(Cl)cc1Cl)Oc1ccc(Cl)cc1Cl. The molecule has 0 bridgehead atoms. The molecular formula is C14H11Cl4O3P. The molecular weight excluding hydrogens is 389 g/mol. The van der Waals surface area contributed by atoms with Crippen LogP contribution in [-0.2, 0) is 4.52 Å². The van der Waals surface area contributed by atoms with Crippen LogP contribution < -0.4 is 9.05 Å². The molecule has 2 aromatic rings. The molecule has 0 saturated carbocycles. The van der Waals surface area contributed by atoms with E-state index < -0.39 is 8.60 Å². The molecule has 2 aromatic carbocycles. The predicted molar refractivity (Wildman–Crippen MR) is 92.7 cm³/mol. The first-order chi connectivity index (χ1) is 10.5. The number of rotatable bonds is 6. The van der Waals surface area contributed by atoms with Gasteiger partial charge in [-0.25, -0.2) is 0 Å². The molecule has 0 fully saturated rings. The van der Waals surface area contributed by atoms with E-state index in [1.54, 1.807) is 36.4 Å². The van der Waals surface area contributed by atoms with E-state index in [2.05, 4.69) is 0 Å². The van der Waals surface area contributed by atoms with E-state index >= 15 is 0 Å². The van der Waals surface area contributed by atoms with Crippen molar-refractivity contribution in [2.45, 2.75) is 6.92 Å². The second kappa shape index (κ2) is 8.44. The fourth-order valence-corrected chi connectivity index (χ4v) is 3.43. The Morgan fingerprint density at radius 1 is 0.818 bits per heavy atom. The Balaban J connectivity index is 2.15. The molecule has 8 heteroatoms. The number of benzene rings is 2. The van der Waals surface area contributed by atoms with Crippen LogP contribution in [0.2, 0.25) is 20.1 Å². The minimum absolute atomic E-state index is 0.366. The van der Waals surface area contributed by atoms with Gasteiger partial charge in [-0.1, -0.05) is 46.4 Å². The smallest absolute Gasteiger partial charge is 0.416 e. The van der Waals surface area contributed by atoms with Crippen molar-refractivity contribution in [3.63, 3.8) is 0 Å². The predicted octanol–water partition coefficient (Wildman–Crippen LogP) is 7.02. The average molecular weight is 400 g/mol. The highest BCUT2D eigenvalue weighted by molar-refractivity contribution is 7.42. The zero-order valence-electron chi connectivity index (χ0n) is 11.4. The van der Waals surface area contributed by atoms with E-state index in [1.165, 1.54) is 0 Å². The van der Waals surface area contributed by atoms with Gasteiger partial charge < -0.3 is 9.05 Å². The van der Waals surface area contributed by atoms with Gasteiger partial charge in [-0.05, 0) is 43.3 Å². The van der Waals surface area contributed by atoms with Gasteiger partial charge in [0.25, 0.3) is 0 Å². The topological polar surface area (TPSA) is 27.7 Å². The van der Waals surface area contributed by atoms with E-state index in [1.807, 2.05) is 6.92 Å². The molecule has 0 spiro atoms. The molecule has 0 aliphatic rings. The summed E-state index contributed by atoms with van der Waals surface area (Å²) in [5.74, 6) is 0.825. The first-order valence-corrected chi connectivity index (χ1v) is 8.79. The maximum Gasteiger partial charge on any atom is 0.463 e. The van der Waals surface area contributed by atoms with Gasteiger partial charge in [-0.15, -0.1) is 0 Å². The molecule has 0 saturated heterocycles. The average Bonchev–Trinajstić information content (AvgIpc) is 2.45. The fourth-order valence-electron chi connectivity index (χ4n) is 1.44. The number of halogens is 4. The van der Waals surface area contributed by atoms with Crippen LogP contribution in [0.25, 0.3) is 0 Å². The molecule has 22 heavy (non-hydrogen) atoms. The highest BCUT2D eigenvalue weighted by atomic mass is 35.5. The molecule has 118 valence electrons. The standard InChI is InChI=1S/C14H11Cl4O3P/c1-2-19-22(20-13-5-3-9(15)7-11(13)17)21-14-6-4-10(16)8-12(14)18/h3-8H,2H2,1H3. The third-order valence-electron chi connectivity index (χ3n) is 2.37. The summed E-state index contributed by atoms with van der Waals surface area (Å²) >= 11 is 23.9. The van der Waals surface area contributed by atoms with Crippen LogP contribution in [0, 0.1) is 0 Å². The van der Waals surface area contributed by atoms with Crippen molar-refractivity contribution in [2.24, 2.45) is 0 Å². The Hall–Kier alpha value is -0.410. The summed E-state index contributed by atoms with van der Waals surface area (Å²) in [6.45, 7) is 2.23. The van der Waals surface area contributed by atoms with Gasteiger partial charge >= 0.3 is 8.60 Å². The summed E-state index contributed by atoms with van der Waals surface area (Å²) < 4.78 is 16.8. The third kappa shape index (κ3) is 5.06. The maximum absolute atomic E-state index is 6.08. The van der Waals surface area contributed by atoms with Gasteiger partial charge in [-0.3, -0.25) is 4.52 Å². The minimum Gasteiger partial charge on any atom is -0.416 e. The minimum atomic E-state index is -1.72. The van der Waals surface area contributed by atoms with Crippen molar-refractivity contribution >= 4 is 55.0 Å². The summed E-state index contributed by atoms with van der Waals surface area (Å²) in [6.07, 6.45) is 0. The first kappa shape index (κ1) is 17.9. The van der Waals surface area contributed by atoms with Crippen LogP contribution in [0.3, 0.4) is 0 Å². The van der Waals surface area contributed by atoms with Gasteiger partial charge in [0, 0.05) is 10.0 Å². The van der Waals surface area contributed by atoms with Crippen molar-refractivity contribution in [3.8, 4) is 11.5 Å². The molecule has 0 aliphatic heterocycles. The maximum atomic E-state index is 6.08. The lowest BCUT2D eigenvalue weighted by molar-refractivity contribution is 0.280. The van der Waals surface area contributed by atoms with Crippen LogP contribution in [0.1, 0.15) is 6.92 Å². The van der Waals surface area contributed by atoms with Crippen molar-refractivity contribution in [1.82, 2.24) is 0 Å². The molecule has 0 unspecified atom stereocenters. The second-order valence-electron chi connectivity index (χ2n) is 3.97. The Morgan fingerprint density at radius 2 is 1.27 bits per heavy atom. The molecule has 0 aliphatic carbocycles. The van der Waals surface area contributed by atoms with Crippen molar-refractivity contribution < 1.29 is 13.6 Å². The lowest BCUT2D eigenvalue weighted by Gasteiger charge is -2.18. The monoisotopic (exact) mass is 398 g/mol. The summed E-state index contributed by atoms with van der Waals surface area (Å²) in [5.41, 5.74) is 0. The van der Waals surface area contributed by atoms with E-state index in [4.69, 9.17) is 60.0 Å². The largest absolute Gasteiger partial charge is 0.463 e. The molecule has 0 amide bonds. The normalized spacial score (nSPS) is 10.8. The van der Waals surface area contributed by atoms with Crippen LogP contribution in [-0.4, -0.2) is 6.61 Å². The highest BCUT2D eigenvalue weighted by Crippen LogP contribution is 2.45. The quantitative estimate of drug-likeness (QED) is 0.488. The van der Waals surface area contributed by atoms with Crippen molar-refractivity contribution in [1.29, 1.82) is 0 Å². The summed E-state index contributed by atoms with van der Waals surface area (Å²) in [7, 11) is -1.72. The molecule has 0 heterocycles. The fraction of sp³-hybridized carbons (Fsp3) is 0.143. The summed E-state index contributed by atoms with van der Waals surface area (Å²) in [5, 5.41) is 1.76. The van der Waals surface area contributed by atoms with Crippen molar-refractivity contribution in [2.75, 3.05) is 6.61 Å². The Bertz CT molecular complexity index is 600. The highest BCUT2D eigenvalue weighted by Gasteiger charge is 2.19. The molecule has 0 radical (unpaired) electrons. The van der Waals surface area contributed by atoms with Gasteiger partial charge in [0.2, 0.25) is 0 Å². The van der Waals surface area contributed by atoms with Crippen LogP contribution >= 0.6 is 55.0 Å². The Kier molecular flexibility index (Phi) is 6.88. The zero-order valence-corrected chi connectivity index (χ0v) is 15.3. The summed E-state index contributed by atoms with van der Waals surface area (Å²) in [6, 6.07) is 9.77. The number of hydrogen-bond acceptors (Lipinski definition) is 3. The van der Waals surface area contributed by atoms with Gasteiger partial charge in [0.1, 0.15) is 11.5 Å². The molecule has 0 atom stereocenters. The Morgan fingerprint density at radius 3 is 1.64 bits per heavy atom. The second-order valence-corrected chi connectivity index (χ2v) is 6.73. The molecule has 0 N–H and O–H groups in total. The molecule has 2 rings (SSSR count). The van der Waals surface area contributed by atoms with Crippen molar-refractivity contribution in [3.05, 3.63) is 56.5 Å². The van der Waals surface area contributed by atoms with Gasteiger partial charge in [-0.2, -0.15) is 0 Å². The summed E-state index contributed by atoms with van der Waals surface area (Å²) in [4.78, 5) is 0. The Labute approximate surface area is 150 Å². The van der Waals surface area contributed by atoms with Gasteiger partial charge in [0.15, 0.2) is 0 Å². The van der Waals surface area contributed by atoms with Gasteiger partial charge in [0.05, 0.1) is 16.7 Å². The van der Waals surface area contributed by atoms with E-state index in [0.717, 1.165) is 0 Å². The lowest BCUT2D eigenvalue weighted by Crippen LogP contribution is -2.00. The first-order valence-electron chi connectivity index (χ1n) is 6.18. The van der Waals surface area contributed by atoms with E-state index in [-0.39, 0.29) is 0 Å². The molecule has 0 aromatic heterocycles. The van der Waals surface area contributed by atoms with Crippen LogP contribution in [0.4, 0.5) is 0 Å². The lowest BCUT2D eigenvalue weighted by atomic mass is 10.3. The van der Waals surface area contributed by atoms with Crippen LogP contribution in [0.5, 0.6) is 11.5 Å². The molecule has 3 nitrogen and oxygen atoms in total.